The fourth-order valence-corrected chi connectivity index (χ4v) is 10.7. The van der Waals surface area contributed by atoms with Crippen LogP contribution in [0.25, 0.3) is 10.9 Å². The van der Waals surface area contributed by atoms with Crippen LogP contribution in [0, 0.1) is 7.43 Å². The van der Waals surface area contributed by atoms with Crippen molar-refractivity contribution >= 4 is 58.6 Å². The SMILES string of the molecule is [CH3-].[Cu+].c1ccc([PH+](c2ccccc2)c2ccccc2)cc1.c1ccc([PH+](c2ccccc2)c2ccccc2)cc1.c1cnc2ccncc2c1. The molecule has 0 bridgehead atoms. The van der Waals surface area contributed by atoms with Gasteiger partial charge in [-0.2, -0.15) is 0 Å². The van der Waals surface area contributed by atoms with Gasteiger partial charge in [-0.05, 0) is 91.0 Å². The standard InChI is InChI=1S/2C18H15P.C8H6N2.CH3.Cu/c2*1-4-10-16(11-5-1)19(17-12-6-2-7-13-17)18-14-8-3-9-15-18;1-2-7-6-9-5-3-8(7)10-4-1;;/h2*1-15H;1-6H;1H3;/q;;;-1;+1/p+2. The Labute approximate surface area is 310 Å². The first-order valence-electron chi connectivity index (χ1n) is 16.1. The molecule has 2 aromatic heterocycles. The van der Waals surface area contributed by atoms with Gasteiger partial charge in [0.2, 0.25) is 0 Å². The van der Waals surface area contributed by atoms with Crippen molar-refractivity contribution in [3.05, 3.63) is 226 Å². The van der Waals surface area contributed by atoms with Gasteiger partial charge in [-0.1, -0.05) is 109 Å². The predicted octanol–water partition coefficient (Wildman–Crippen LogP) is 8.43. The van der Waals surface area contributed by atoms with Crippen LogP contribution in [0.3, 0.4) is 0 Å². The summed E-state index contributed by atoms with van der Waals surface area (Å²) < 4.78 is 0. The van der Waals surface area contributed by atoms with Crippen molar-refractivity contribution in [1.82, 2.24) is 9.97 Å². The molecular weight excluding hydrogens is 694 g/mol. The van der Waals surface area contributed by atoms with Gasteiger partial charge in [-0.3, -0.25) is 9.97 Å². The van der Waals surface area contributed by atoms with E-state index in [0.29, 0.717) is 0 Å². The summed E-state index contributed by atoms with van der Waals surface area (Å²) >= 11 is 0. The number of nitrogens with zero attached hydrogens (tertiary/aromatic N) is 2. The van der Waals surface area contributed by atoms with E-state index in [2.05, 4.69) is 192 Å². The van der Waals surface area contributed by atoms with Crippen LogP contribution in [-0.2, 0) is 17.1 Å². The molecule has 0 radical (unpaired) electrons. The Morgan fingerprint density at radius 3 is 0.900 bits per heavy atom. The molecule has 0 amide bonds. The quantitative estimate of drug-likeness (QED) is 0.0975. The van der Waals surface area contributed by atoms with E-state index in [1.165, 1.54) is 31.8 Å². The summed E-state index contributed by atoms with van der Waals surface area (Å²) in [5, 5.41) is 9.70. The van der Waals surface area contributed by atoms with Gasteiger partial charge in [0.25, 0.3) is 0 Å². The van der Waals surface area contributed by atoms with Gasteiger partial charge in [0.1, 0.15) is 31.8 Å². The summed E-state index contributed by atoms with van der Waals surface area (Å²) in [5.41, 5.74) is 0.998. The second kappa shape index (κ2) is 20.7. The fraction of sp³-hybridized carbons (Fsp3) is 0. The summed E-state index contributed by atoms with van der Waals surface area (Å²) in [6.07, 6.45) is 5.33. The number of pyridine rings is 2. The molecule has 2 nitrogen and oxygen atoms in total. The Kier molecular flexibility index (Phi) is 15.8. The number of benzene rings is 6. The zero-order chi connectivity index (χ0) is 32.6. The summed E-state index contributed by atoms with van der Waals surface area (Å²) in [4.78, 5) is 8.11. The molecule has 0 fully saturated rings. The minimum Gasteiger partial charge on any atom is -0.358 e. The van der Waals surface area contributed by atoms with Crippen LogP contribution in [0.4, 0.5) is 0 Å². The van der Waals surface area contributed by atoms with Crippen LogP contribution >= 0.6 is 15.8 Å². The van der Waals surface area contributed by atoms with Gasteiger partial charge in [0, 0.05) is 24.0 Å². The molecule has 0 unspecified atom stereocenters. The third kappa shape index (κ3) is 10.6. The molecule has 50 heavy (non-hydrogen) atoms. The molecule has 0 aliphatic rings. The molecular formula is C45H41CuN2P2+2. The summed E-state index contributed by atoms with van der Waals surface area (Å²) in [7, 11) is -1.75. The van der Waals surface area contributed by atoms with E-state index in [1.54, 1.807) is 12.4 Å². The second-order valence-electron chi connectivity index (χ2n) is 11.0. The maximum Gasteiger partial charge on any atom is 1.00 e. The van der Waals surface area contributed by atoms with Gasteiger partial charge in [-0.25, -0.2) is 0 Å². The Bertz CT molecular complexity index is 1700. The molecule has 0 N–H and O–H groups in total. The van der Waals surface area contributed by atoms with Crippen molar-refractivity contribution in [3.8, 4) is 0 Å². The Hall–Kier alpha value is -4.74. The Morgan fingerprint density at radius 2 is 0.620 bits per heavy atom. The van der Waals surface area contributed by atoms with Crippen molar-refractivity contribution in [2.75, 3.05) is 0 Å². The van der Waals surface area contributed by atoms with Crippen molar-refractivity contribution in [2.45, 2.75) is 0 Å². The molecule has 8 rings (SSSR count). The number of fused-ring (bicyclic) bond motifs is 1. The van der Waals surface area contributed by atoms with E-state index in [4.69, 9.17) is 0 Å². The number of hydrogen-bond acceptors (Lipinski definition) is 2. The molecule has 0 saturated heterocycles. The summed E-state index contributed by atoms with van der Waals surface area (Å²) in [5.74, 6) is 0. The molecule has 0 aliphatic heterocycles. The molecule has 8 aromatic rings. The number of rotatable bonds is 6. The number of hydrogen-bond donors (Lipinski definition) is 0. The first-order chi connectivity index (χ1) is 23.9. The topological polar surface area (TPSA) is 25.8 Å². The van der Waals surface area contributed by atoms with Crippen molar-refractivity contribution < 1.29 is 17.1 Å². The molecule has 0 saturated carbocycles. The second-order valence-corrected chi connectivity index (χ2v) is 16.0. The first kappa shape index (κ1) is 38.1. The van der Waals surface area contributed by atoms with Gasteiger partial charge in [0.05, 0.1) is 21.4 Å². The molecule has 2 heterocycles. The van der Waals surface area contributed by atoms with E-state index in [1.807, 2.05) is 24.4 Å². The maximum absolute atomic E-state index is 4.14. The normalized spacial score (nSPS) is 10.0. The smallest absolute Gasteiger partial charge is 0.358 e. The van der Waals surface area contributed by atoms with Crippen LogP contribution in [0.15, 0.2) is 219 Å². The summed E-state index contributed by atoms with van der Waals surface area (Å²) in [6.45, 7) is 0. The van der Waals surface area contributed by atoms with Crippen molar-refractivity contribution in [3.63, 3.8) is 0 Å². The zero-order valence-electron chi connectivity index (χ0n) is 28.0. The minimum absolute atomic E-state index is 0. The average molecular weight is 735 g/mol. The van der Waals surface area contributed by atoms with E-state index in [9.17, 15) is 0 Å². The zero-order valence-corrected chi connectivity index (χ0v) is 30.9. The van der Waals surface area contributed by atoms with E-state index < -0.39 is 15.8 Å². The molecule has 0 aliphatic carbocycles. The average Bonchev–Trinajstić information content (AvgIpc) is 3.18. The molecule has 0 spiro atoms. The van der Waals surface area contributed by atoms with Crippen LogP contribution in [-0.4, -0.2) is 9.97 Å². The van der Waals surface area contributed by atoms with Crippen molar-refractivity contribution in [1.29, 1.82) is 0 Å². The maximum atomic E-state index is 4.14. The Morgan fingerprint density at radius 1 is 0.320 bits per heavy atom. The third-order valence-corrected chi connectivity index (χ3v) is 13.2. The van der Waals surface area contributed by atoms with Gasteiger partial charge >= 0.3 is 17.1 Å². The molecule has 5 heteroatoms. The molecule has 0 atom stereocenters. The van der Waals surface area contributed by atoms with Gasteiger partial charge in [-0.15, -0.1) is 0 Å². The number of aromatic nitrogens is 2. The van der Waals surface area contributed by atoms with E-state index in [-0.39, 0.29) is 24.5 Å². The molecule has 6 aromatic carbocycles. The molecule has 250 valence electrons. The Balaban J connectivity index is 0.000000173. The third-order valence-electron chi connectivity index (χ3n) is 7.78. The van der Waals surface area contributed by atoms with Crippen LogP contribution < -0.4 is 31.8 Å². The van der Waals surface area contributed by atoms with Crippen LogP contribution in [0.5, 0.6) is 0 Å². The monoisotopic (exact) mass is 734 g/mol. The van der Waals surface area contributed by atoms with Gasteiger partial charge in [0.15, 0.2) is 0 Å². The van der Waals surface area contributed by atoms with Crippen LogP contribution in [0.2, 0.25) is 0 Å². The van der Waals surface area contributed by atoms with E-state index in [0.717, 1.165) is 10.9 Å². The minimum atomic E-state index is -0.877. The summed E-state index contributed by atoms with van der Waals surface area (Å²) in [6, 6.07) is 70.8. The van der Waals surface area contributed by atoms with E-state index >= 15 is 0 Å². The first-order valence-corrected chi connectivity index (χ1v) is 19.1. The predicted molar refractivity (Wildman–Crippen MR) is 219 cm³/mol. The van der Waals surface area contributed by atoms with Crippen molar-refractivity contribution in [2.24, 2.45) is 0 Å². The van der Waals surface area contributed by atoms with Gasteiger partial charge < -0.3 is 7.43 Å². The largest absolute Gasteiger partial charge is 1.00 e. The fourth-order valence-electron chi connectivity index (χ4n) is 5.54. The van der Waals surface area contributed by atoms with Crippen LogP contribution in [0.1, 0.15) is 0 Å².